The number of hydrogen-bond donors (Lipinski definition) is 0. The number of carbonyl (C=O) groups is 2. The number of furan rings is 2. The second-order valence-corrected chi connectivity index (χ2v) is 7.40. The Morgan fingerprint density at radius 1 is 1.17 bits per heavy atom. The molecule has 0 atom stereocenters. The minimum Gasteiger partial charge on any atom is -0.467 e. The molecule has 2 fully saturated rings. The molecule has 24 heavy (non-hydrogen) atoms. The van der Waals surface area contributed by atoms with Gasteiger partial charge in [0.25, 0.3) is 5.91 Å². The van der Waals surface area contributed by atoms with Crippen LogP contribution in [0, 0.1) is 0 Å². The highest BCUT2D eigenvalue weighted by atomic mass is 32.2. The van der Waals surface area contributed by atoms with E-state index in [1.165, 1.54) is 6.26 Å². The topological polar surface area (TPSA) is 66.9 Å². The lowest BCUT2D eigenvalue weighted by Crippen LogP contribution is -2.52. The summed E-state index contributed by atoms with van der Waals surface area (Å²) in [6.07, 6.45) is 4.66. The fourth-order valence-electron chi connectivity index (χ4n) is 3.40. The maximum Gasteiger partial charge on any atom is 0.289 e. The second-order valence-electron chi connectivity index (χ2n) is 6.06. The first-order chi connectivity index (χ1) is 11.7. The Morgan fingerprint density at radius 2 is 1.92 bits per heavy atom. The zero-order chi connectivity index (χ0) is 16.6. The van der Waals surface area contributed by atoms with Crippen LogP contribution in [0.15, 0.2) is 45.6 Å². The lowest BCUT2D eigenvalue weighted by atomic mass is 10.0. The van der Waals surface area contributed by atoms with E-state index in [0.29, 0.717) is 31.1 Å². The molecule has 4 rings (SSSR count). The monoisotopic (exact) mass is 346 g/mol. The maximum atomic E-state index is 12.4. The summed E-state index contributed by atoms with van der Waals surface area (Å²) in [4.78, 5) is 28.2. The van der Waals surface area contributed by atoms with Crippen LogP contribution in [0.2, 0.25) is 0 Å². The molecule has 4 heterocycles. The largest absolute Gasteiger partial charge is 0.467 e. The molecule has 1 spiro atoms. The number of amides is 2. The van der Waals surface area contributed by atoms with E-state index in [2.05, 4.69) is 0 Å². The summed E-state index contributed by atoms with van der Waals surface area (Å²) in [6.45, 7) is 1.73. The quantitative estimate of drug-likeness (QED) is 0.854. The van der Waals surface area contributed by atoms with Gasteiger partial charge in [-0.15, -0.1) is 11.8 Å². The molecular formula is C17H18N2O4S. The molecule has 0 bridgehead atoms. The van der Waals surface area contributed by atoms with Gasteiger partial charge in [0, 0.05) is 13.1 Å². The van der Waals surface area contributed by atoms with Gasteiger partial charge in [0.1, 0.15) is 5.76 Å². The molecule has 2 aliphatic rings. The fourth-order valence-corrected chi connectivity index (χ4v) is 4.74. The first-order valence-electron chi connectivity index (χ1n) is 7.98. The third-order valence-electron chi connectivity index (χ3n) is 4.72. The summed E-state index contributed by atoms with van der Waals surface area (Å²) in [6, 6.07) is 7.12. The van der Waals surface area contributed by atoms with Crippen LogP contribution >= 0.6 is 11.8 Å². The number of hydrogen-bond acceptors (Lipinski definition) is 5. The van der Waals surface area contributed by atoms with E-state index in [1.54, 1.807) is 35.1 Å². The van der Waals surface area contributed by atoms with Gasteiger partial charge in [-0.2, -0.15) is 0 Å². The Morgan fingerprint density at radius 3 is 2.58 bits per heavy atom. The Kier molecular flexibility index (Phi) is 3.88. The van der Waals surface area contributed by atoms with E-state index < -0.39 is 0 Å². The second kappa shape index (κ2) is 6.05. The average Bonchev–Trinajstić information content (AvgIpc) is 3.34. The smallest absolute Gasteiger partial charge is 0.289 e. The summed E-state index contributed by atoms with van der Waals surface area (Å²) in [5.74, 6) is 1.71. The molecule has 2 amide bonds. The summed E-state index contributed by atoms with van der Waals surface area (Å²) in [7, 11) is 0. The number of rotatable bonds is 3. The highest BCUT2D eigenvalue weighted by Crippen LogP contribution is 2.45. The third kappa shape index (κ3) is 2.62. The van der Waals surface area contributed by atoms with Crippen molar-refractivity contribution in [2.24, 2.45) is 0 Å². The lowest BCUT2D eigenvalue weighted by molar-refractivity contribution is -0.132. The van der Waals surface area contributed by atoms with Gasteiger partial charge in [-0.25, -0.2) is 0 Å². The standard InChI is InChI=1S/C17H18N2O4S/c20-15-12-24-17(19(15)11-13-3-1-9-22-13)5-7-18(8-6-17)16(21)14-4-2-10-23-14/h1-4,9-10H,5-8,11-12H2. The zero-order valence-corrected chi connectivity index (χ0v) is 14.0. The number of thioether (sulfide) groups is 1. The molecule has 6 nitrogen and oxygen atoms in total. The molecule has 126 valence electrons. The summed E-state index contributed by atoms with van der Waals surface area (Å²) in [5.41, 5.74) is 0. The van der Waals surface area contributed by atoms with Crippen molar-refractivity contribution < 1.29 is 18.4 Å². The van der Waals surface area contributed by atoms with E-state index in [1.807, 2.05) is 17.0 Å². The van der Waals surface area contributed by atoms with Crippen molar-refractivity contribution >= 4 is 23.6 Å². The number of nitrogens with zero attached hydrogens (tertiary/aromatic N) is 2. The van der Waals surface area contributed by atoms with Crippen LogP contribution in [0.25, 0.3) is 0 Å². The van der Waals surface area contributed by atoms with Crippen molar-refractivity contribution in [1.29, 1.82) is 0 Å². The van der Waals surface area contributed by atoms with Gasteiger partial charge in [0.2, 0.25) is 5.91 Å². The molecule has 2 aliphatic heterocycles. The van der Waals surface area contributed by atoms with Crippen LogP contribution in [-0.4, -0.2) is 45.3 Å². The highest BCUT2D eigenvalue weighted by molar-refractivity contribution is 8.01. The van der Waals surface area contributed by atoms with Gasteiger partial charge in [-0.05, 0) is 37.1 Å². The summed E-state index contributed by atoms with van der Waals surface area (Å²) >= 11 is 1.69. The predicted octanol–water partition coefficient (Wildman–Crippen LogP) is 2.58. The van der Waals surface area contributed by atoms with Gasteiger partial charge in [0.15, 0.2) is 5.76 Å². The van der Waals surface area contributed by atoms with Crippen molar-refractivity contribution in [3.8, 4) is 0 Å². The van der Waals surface area contributed by atoms with Crippen LogP contribution in [0.1, 0.15) is 29.2 Å². The molecule has 2 saturated heterocycles. The Balaban J connectivity index is 1.46. The van der Waals surface area contributed by atoms with E-state index in [4.69, 9.17) is 8.83 Å². The first-order valence-corrected chi connectivity index (χ1v) is 8.96. The van der Waals surface area contributed by atoms with Crippen molar-refractivity contribution in [2.75, 3.05) is 18.8 Å². The number of likely N-dealkylation sites (tertiary alicyclic amines) is 1. The maximum absolute atomic E-state index is 12.4. The molecular weight excluding hydrogens is 328 g/mol. The van der Waals surface area contributed by atoms with Crippen LogP contribution in [0.3, 0.4) is 0 Å². The van der Waals surface area contributed by atoms with Crippen LogP contribution < -0.4 is 0 Å². The lowest BCUT2D eigenvalue weighted by Gasteiger charge is -2.43. The molecule has 0 radical (unpaired) electrons. The molecule has 0 aliphatic carbocycles. The van der Waals surface area contributed by atoms with Gasteiger partial charge in [-0.3, -0.25) is 9.59 Å². The van der Waals surface area contributed by atoms with Gasteiger partial charge in [-0.1, -0.05) is 0 Å². The van der Waals surface area contributed by atoms with Crippen molar-refractivity contribution in [3.05, 3.63) is 48.3 Å². The SMILES string of the molecule is O=C(c1ccco1)N1CCC2(CC1)SCC(=O)N2Cc1ccco1. The molecule has 0 unspecified atom stereocenters. The normalized spacial score (nSPS) is 20.1. The van der Waals surface area contributed by atoms with E-state index in [-0.39, 0.29) is 16.7 Å². The van der Waals surface area contributed by atoms with Gasteiger partial charge < -0.3 is 18.6 Å². The third-order valence-corrected chi connectivity index (χ3v) is 6.27. The molecule has 0 saturated carbocycles. The summed E-state index contributed by atoms with van der Waals surface area (Å²) < 4.78 is 10.6. The average molecular weight is 346 g/mol. The fraction of sp³-hybridized carbons (Fsp3) is 0.412. The van der Waals surface area contributed by atoms with E-state index >= 15 is 0 Å². The minimum atomic E-state index is -0.232. The number of carbonyl (C=O) groups excluding carboxylic acids is 2. The number of piperidine rings is 1. The predicted molar refractivity (Wildman–Crippen MR) is 88.3 cm³/mol. The van der Waals surface area contributed by atoms with Crippen molar-refractivity contribution in [1.82, 2.24) is 9.80 Å². The van der Waals surface area contributed by atoms with Crippen LogP contribution in [0.4, 0.5) is 0 Å². The molecule has 0 aromatic carbocycles. The molecule has 2 aromatic heterocycles. The molecule has 7 heteroatoms. The first kappa shape index (κ1) is 15.4. The molecule has 0 N–H and O–H groups in total. The zero-order valence-electron chi connectivity index (χ0n) is 13.1. The van der Waals surface area contributed by atoms with Crippen LogP contribution in [0.5, 0.6) is 0 Å². The van der Waals surface area contributed by atoms with Crippen molar-refractivity contribution in [3.63, 3.8) is 0 Å². The highest BCUT2D eigenvalue weighted by Gasteiger charge is 2.48. The van der Waals surface area contributed by atoms with Gasteiger partial charge >= 0.3 is 0 Å². The minimum absolute atomic E-state index is 0.0817. The Bertz CT molecular complexity index is 718. The van der Waals surface area contributed by atoms with Gasteiger partial charge in [0.05, 0.1) is 29.7 Å². The summed E-state index contributed by atoms with van der Waals surface area (Å²) in [5, 5.41) is 0. The van der Waals surface area contributed by atoms with E-state index in [9.17, 15) is 9.59 Å². The Hall–Kier alpha value is -2.15. The van der Waals surface area contributed by atoms with Crippen LogP contribution in [-0.2, 0) is 11.3 Å². The Labute approximate surface area is 143 Å². The molecule has 2 aromatic rings. The van der Waals surface area contributed by atoms with E-state index in [0.717, 1.165) is 18.6 Å². The van der Waals surface area contributed by atoms with Crippen molar-refractivity contribution in [2.45, 2.75) is 24.3 Å².